The summed E-state index contributed by atoms with van der Waals surface area (Å²) in [5.74, 6) is 0.279. The number of benzene rings is 2. The second kappa shape index (κ2) is 6.84. The van der Waals surface area contributed by atoms with Crippen molar-refractivity contribution in [2.75, 3.05) is 13.1 Å². The molecule has 1 heterocycles. The lowest BCUT2D eigenvalue weighted by atomic mass is 10.1. The Morgan fingerprint density at radius 1 is 1.12 bits per heavy atom. The second-order valence-electron chi connectivity index (χ2n) is 5.81. The molecule has 1 aromatic heterocycles. The molecule has 0 aliphatic heterocycles. The number of H-pyrrole nitrogens is 1. The van der Waals surface area contributed by atoms with Gasteiger partial charge in [-0.3, -0.25) is 9.69 Å². The molecular weight excluding hydrogens is 300 g/mol. The Labute approximate surface area is 141 Å². The Morgan fingerprint density at radius 3 is 2.46 bits per heavy atom. The summed E-state index contributed by atoms with van der Waals surface area (Å²) in [6.45, 7) is 7.36. The molecule has 3 rings (SSSR count). The van der Waals surface area contributed by atoms with Gasteiger partial charge in [-0.2, -0.15) is 0 Å². The van der Waals surface area contributed by atoms with Gasteiger partial charge in [-0.15, -0.1) is 0 Å². The lowest BCUT2D eigenvalue weighted by Crippen LogP contribution is -2.21. The Hall–Kier alpha value is -2.66. The van der Waals surface area contributed by atoms with E-state index in [0.717, 1.165) is 36.5 Å². The summed E-state index contributed by atoms with van der Waals surface area (Å²) in [7, 11) is 0. The maximum Gasteiger partial charge on any atom is 0.250 e. The van der Waals surface area contributed by atoms with Crippen LogP contribution < -0.4 is 5.73 Å². The van der Waals surface area contributed by atoms with Crippen molar-refractivity contribution >= 4 is 16.9 Å². The fraction of sp³-hybridized carbons (Fsp3) is 0.263. The van der Waals surface area contributed by atoms with Crippen LogP contribution in [0.3, 0.4) is 0 Å². The molecular formula is C19H22N4O. The first-order valence-electron chi connectivity index (χ1n) is 8.22. The molecule has 0 bridgehead atoms. The molecule has 5 heteroatoms. The second-order valence-corrected chi connectivity index (χ2v) is 5.81. The lowest BCUT2D eigenvalue weighted by molar-refractivity contribution is 0.100. The molecule has 0 radical (unpaired) electrons. The number of carbonyl (C=O) groups excluding carboxylic acids is 1. The van der Waals surface area contributed by atoms with Gasteiger partial charge < -0.3 is 10.7 Å². The van der Waals surface area contributed by atoms with E-state index in [-0.39, 0.29) is 0 Å². The van der Waals surface area contributed by atoms with Crippen LogP contribution in [0.15, 0.2) is 42.5 Å². The highest BCUT2D eigenvalue weighted by molar-refractivity contribution is 6.04. The fourth-order valence-corrected chi connectivity index (χ4v) is 2.84. The largest absolute Gasteiger partial charge is 0.366 e. The standard InChI is InChI=1S/C19H22N4O/c1-3-23(4-2)12-13-8-10-14(11-9-13)19-21-16-7-5-6-15(18(20)24)17(16)22-19/h5-11H,3-4,12H2,1-2H3,(H2,20,24)(H,21,22). The van der Waals surface area contributed by atoms with Crippen LogP contribution >= 0.6 is 0 Å². The average Bonchev–Trinajstić information content (AvgIpc) is 3.04. The van der Waals surface area contributed by atoms with Crippen LogP contribution in [0, 0.1) is 0 Å². The van der Waals surface area contributed by atoms with Gasteiger partial charge in [-0.25, -0.2) is 4.98 Å². The Kier molecular flexibility index (Phi) is 4.62. The van der Waals surface area contributed by atoms with Crippen molar-refractivity contribution in [1.82, 2.24) is 14.9 Å². The zero-order chi connectivity index (χ0) is 17.1. The molecule has 0 aliphatic rings. The molecule has 0 spiro atoms. The van der Waals surface area contributed by atoms with Gasteiger partial charge in [0.15, 0.2) is 0 Å². The molecule has 1 amide bonds. The van der Waals surface area contributed by atoms with E-state index >= 15 is 0 Å². The van der Waals surface area contributed by atoms with E-state index in [0.29, 0.717) is 11.1 Å². The zero-order valence-electron chi connectivity index (χ0n) is 14.0. The molecule has 0 fully saturated rings. The van der Waals surface area contributed by atoms with Crippen molar-refractivity contribution in [3.05, 3.63) is 53.6 Å². The first-order valence-corrected chi connectivity index (χ1v) is 8.22. The van der Waals surface area contributed by atoms with E-state index in [2.05, 4.69) is 53.0 Å². The SMILES string of the molecule is CCN(CC)Cc1ccc(-c2nc3c(C(N)=O)cccc3[nH]2)cc1. The maximum absolute atomic E-state index is 11.5. The van der Waals surface area contributed by atoms with Crippen molar-refractivity contribution < 1.29 is 4.79 Å². The lowest BCUT2D eigenvalue weighted by Gasteiger charge is -2.17. The van der Waals surface area contributed by atoms with Crippen LogP contribution in [0.5, 0.6) is 0 Å². The Balaban J connectivity index is 1.90. The summed E-state index contributed by atoms with van der Waals surface area (Å²) in [4.78, 5) is 21.7. The molecule has 24 heavy (non-hydrogen) atoms. The van der Waals surface area contributed by atoms with Gasteiger partial charge in [0.25, 0.3) is 5.91 Å². The number of hydrogen-bond donors (Lipinski definition) is 2. The quantitative estimate of drug-likeness (QED) is 0.732. The van der Waals surface area contributed by atoms with E-state index in [1.54, 1.807) is 12.1 Å². The summed E-state index contributed by atoms with van der Waals surface area (Å²) in [6, 6.07) is 13.7. The van der Waals surface area contributed by atoms with Crippen molar-refractivity contribution in [2.45, 2.75) is 20.4 Å². The number of aromatic amines is 1. The summed E-state index contributed by atoms with van der Waals surface area (Å²) < 4.78 is 0. The van der Waals surface area contributed by atoms with Gasteiger partial charge in [0, 0.05) is 12.1 Å². The first kappa shape index (κ1) is 16.2. The van der Waals surface area contributed by atoms with Gasteiger partial charge in [0.05, 0.1) is 11.1 Å². The number of nitrogens with one attached hydrogen (secondary N) is 1. The highest BCUT2D eigenvalue weighted by Gasteiger charge is 2.12. The molecule has 124 valence electrons. The van der Waals surface area contributed by atoms with Gasteiger partial charge in [0.1, 0.15) is 11.3 Å². The van der Waals surface area contributed by atoms with Crippen LogP contribution in [-0.4, -0.2) is 33.9 Å². The normalized spacial score (nSPS) is 11.3. The molecule has 0 aliphatic carbocycles. The Morgan fingerprint density at radius 2 is 1.83 bits per heavy atom. The van der Waals surface area contributed by atoms with E-state index in [1.165, 1.54) is 5.56 Å². The number of nitrogens with two attached hydrogens (primary N) is 1. The number of carbonyl (C=O) groups is 1. The van der Waals surface area contributed by atoms with Crippen LogP contribution in [0.4, 0.5) is 0 Å². The number of para-hydroxylation sites is 1. The van der Waals surface area contributed by atoms with Crippen LogP contribution in [0.1, 0.15) is 29.8 Å². The molecule has 3 aromatic rings. The predicted molar refractivity (Wildman–Crippen MR) is 96.7 cm³/mol. The van der Waals surface area contributed by atoms with Gasteiger partial charge in [-0.05, 0) is 30.8 Å². The third-order valence-corrected chi connectivity index (χ3v) is 4.31. The number of rotatable bonds is 6. The number of primary amides is 1. The van der Waals surface area contributed by atoms with Crippen molar-refractivity contribution in [3.8, 4) is 11.4 Å². The summed E-state index contributed by atoms with van der Waals surface area (Å²) >= 11 is 0. The van der Waals surface area contributed by atoms with E-state index in [1.807, 2.05) is 6.07 Å². The summed E-state index contributed by atoms with van der Waals surface area (Å²) in [5.41, 5.74) is 9.56. The zero-order valence-corrected chi connectivity index (χ0v) is 14.0. The van der Waals surface area contributed by atoms with Gasteiger partial charge in [-0.1, -0.05) is 44.2 Å². The molecule has 0 atom stereocenters. The summed E-state index contributed by atoms with van der Waals surface area (Å²) in [6.07, 6.45) is 0. The highest BCUT2D eigenvalue weighted by Crippen LogP contribution is 2.23. The molecule has 2 aromatic carbocycles. The molecule has 5 nitrogen and oxygen atoms in total. The monoisotopic (exact) mass is 322 g/mol. The number of hydrogen-bond acceptors (Lipinski definition) is 3. The third kappa shape index (κ3) is 3.16. The molecule has 0 saturated heterocycles. The van der Waals surface area contributed by atoms with Crippen molar-refractivity contribution in [3.63, 3.8) is 0 Å². The number of amides is 1. The van der Waals surface area contributed by atoms with Crippen LogP contribution in [0.2, 0.25) is 0 Å². The molecule has 0 saturated carbocycles. The third-order valence-electron chi connectivity index (χ3n) is 4.31. The predicted octanol–water partition coefficient (Wildman–Crippen LogP) is 3.17. The van der Waals surface area contributed by atoms with Crippen molar-refractivity contribution in [2.24, 2.45) is 5.73 Å². The van der Waals surface area contributed by atoms with Gasteiger partial charge in [0.2, 0.25) is 0 Å². The highest BCUT2D eigenvalue weighted by atomic mass is 16.1. The van der Waals surface area contributed by atoms with E-state index < -0.39 is 5.91 Å². The number of aromatic nitrogens is 2. The number of nitrogens with zero attached hydrogens (tertiary/aromatic N) is 2. The summed E-state index contributed by atoms with van der Waals surface area (Å²) in [5, 5.41) is 0. The fourth-order valence-electron chi connectivity index (χ4n) is 2.84. The maximum atomic E-state index is 11.5. The smallest absolute Gasteiger partial charge is 0.250 e. The number of imidazole rings is 1. The molecule has 0 unspecified atom stereocenters. The average molecular weight is 322 g/mol. The van der Waals surface area contributed by atoms with Crippen LogP contribution in [0.25, 0.3) is 22.4 Å². The topological polar surface area (TPSA) is 75.0 Å². The molecule has 3 N–H and O–H groups in total. The van der Waals surface area contributed by atoms with E-state index in [4.69, 9.17) is 5.73 Å². The minimum atomic E-state index is -0.465. The van der Waals surface area contributed by atoms with Crippen molar-refractivity contribution in [1.29, 1.82) is 0 Å². The van der Waals surface area contributed by atoms with E-state index in [9.17, 15) is 4.79 Å². The Bertz CT molecular complexity index is 847. The number of fused-ring (bicyclic) bond motifs is 1. The van der Waals surface area contributed by atoms with Crippen LogP contribution in [-0.2, 0) is 6.54 Å². The first-order chi connectivity index (χ1) is 11.6. The minimum Gasteiger partial charge on any atom is -0.366 e. The van der Waals surface area contributed by atoms with Gasteiger partial charge >= 0.3 is 0 Å². The minimum absolute atomic E-state index is 0.438.